The topological polar surface area (TPSA) is 50.8 Å². The minimum absolute atomic E-state index is 0.00886. The van der Waals surface area contributed by atoms with E-state index in [0.717, 1.165) is 43.4 Å². The Morgan fingerprint density at radius 1 is 1.30 bits per heavy atom. The number of nitrogens with zero attached hydrogens (tertiary/aromatic N) is 1. The summed E-state index contributed by atoms with van der Waals surface area (Å²) in [5, 5.41) is 3.15. The SMILES string of the molecule is CCc1cc(C(=O)NC[C@@H](c2ccc(OC)cc2)N2CCOCC2)sc1C. The summed E-state index contributed by atoms with van der Waals surface area (Å²) in [5.41, 5.74) is 2.43. The van der Waals surface area contributed by atoms with Gasteiger partial charge in [0.2, 0.25) is 0 Å². The largest absolute Gasteiger partial charge is 0.497 e. The van der Waals surface area contributed by atoms with Crippen LogP contribution in [-0.4, -0.2) is 50.8 Å². The molecule has 1 aromatic carbocycles. The monoisotopic (exact) mass is 388 g/mol. The van der Waals surface area contributed by atoms with Gasteiger partial charge in [-0.1, -0.05) is 19.1 Å². The van der Waals surface area contributed by atoms with E-state index in [4.69, 9.17) is 9.47 Å². The first kappa shape index (κ1) is 19.9. The average Bonchev–Trinajstić information content (AvgIpc) is 3.10. The van der Waals surface area contributed by atoms with E-state index in [0.29, 0.717) is 6.54 Å². The highest BCUT2D eigenvalue weighted by molar-refractivity contribution is 7.14. The van der Waals surface area contributed by atoms with Crippen molar-refractivity contribution in [3.63, 3.8) is 0 Å². The molecule has 2 aromatic rings. The number of thiophene rings is 1. The predicted octanol–water partition coefficient (Wildman–Crippen LogP) is 3.43. The summed E-state index contributed by atoms with van der Waals surface area (Å²) in [6, 6.07) is 10.2. The highest BCUT2D eigenvalue weighted by Crippen LogP contribution is 2.25. The molecule has 146 valence electrons. The fourth-order valence-electron chi connectivity index (χ4n) is 3.43. The van der Waals surface area contributed by atoms with E-state index in [1.807, 2.05) is 18.2 Å². The van der Waals surface area contributed by atoms with Gasteiger partial charge in [0.15, 0.2) is 0 Å². The summed E-state index contributed by atoms with van der Waals surface area (Å²) in [5.74, 6) is 0.847. The Morgan fingerprint density at radius 3 is 2.59 bits per heavy atom. The van der Waals surface area contributed by atoms with Gasteiger partial charge in [0.25, 0.3) is 5.91 Å². The third-order valence-electron chi connectivity index (χ3n) is 5.07. The fraction of sp³-hybridized carbons (Fsp3) is 0.476. The van der Waals surface area contributed by atoms with Gasteiger partial charge in [0, 0.05) is 24.5 Å². The number of ether oxygens (including phenoxy) is 2. The maximum Gasteiger partial charge on any atom is 0.261 e. The number of benzene rings is 1. The fourth-order valence-corrected chi connectivity index (χ4v) is 4.46. The Bertz CT molecular complexity index is 751. The molecule has 3 rings (SSSR count). The van der Waals surface area contributed by atoms with E-state index in [9.17, 15) is 4.79 Å². The lowest BCUT2D eigenvalue weighted by molar-refractivity contribution is 0.0162. The number of amides is 1. The molecule has 1 aliphatic rings. The molecule has 27 heavy (non-hydrogen) atoms. The van der Waals surface area contributed by atoms with Crippen LogP contribution < -0.4 is 10.1 Å². The first-order valence-corrected chi connectivity index (χ1v) is 10.3. The second kappa shape index (κ2) is 9.35. The molecule has 0 saturated carbocycles. The molecule has 0 spiro atoms. The molecule has 1 amide bonds. The van der Waals surface area contributed by atoms with Gasteiger partial charge >= 0.3 is 0 Å². The highest BCUT2D eigenvalue weighted by atomic mass is 32.1. The number of morpholine rings is 1. The van der Waals surface area contributed by atoms with Gasteiger partial charge < -0.3 is 14.8 Å². The van der Waals surface area contributed by atoms with E-state index in [1.165, 1.54) is 16.0 Å². The van der Waals surface area contributed by atoms with Crippen molar-refractivity contribution in [2.24, 2.45) is 0 Å². The number of carbonyl (C=O) groups is 1. The zero-order valence-electron chi connectivity index (χ0n) is 16.3. The lowest BCUT2D eigenvalue weighted by Crippen LogP contribution is -2.43. The highest BCUT2D eigenvalue weighted by Gasteiger charge is 2.24. The van der Waals surface area contributed by atoms with Crippen molar-refractivity contribution in [2.45, 2.75) is 26.3 Å². The minimum atomic E-state index is 0.00886. The third kappa shape index (κ3) is 4.89. The molecule has 6 heteroatoms. The summed E-state index contributed by atoms with van der Waals surface area (Å²) in [6.07, 6.45) is 0.956. The van der Waals surface area contributed by atoms with Crippen LogP contribution in [0.1, 0.15) is 38.6 Å². The molecule has 1 fully saturated rings. The summed E-state index contributed by atoms with van der Waals surface area (Å²) < 4.78 is 10.8. The number of rotatable bonds is 7. The quantitative estimate of drug-likeness (QED) is 0.790. The van der Waals surface area contributed by atoms with Crippen molar-refractivity contribution in [3.8, 4) is 5.75 Å². The smallest absolute Gasteiger partial charge is 0.261 e. The van der Waals surface area contributed by atoms with Crippen LogP contribution in [0, 0.1) is 6.92 Å². The summed E-state index contributed by atoms with van der Waals surface area (Å²) >= 11 is 1.57. The lowest BCUT2D eigenvalue weighted by atomic mass is 10.0. The molecule has 1 aliphatic heterocycles. The summed E-state index contributed by atoms with van der Waals surface area (Å²) in [4.78, 5) is 17.1. The predicted molar refractivity (Wildman–Crippen MR) is 109 cm³/mol. The van der Waals surface area contributed by atoms with E-state index in [-0.39, 0.29) is 11.9 Å². The van der Waals surface area contributed by atoms with Crippen molar-refractivity contribution in [1.82, 2.24) is 10.2 Å². The Hall–Kier alpha value is -1.89. The molecule has 0 bridgehead atoms. The van der Waals surface area contributed by atoms with Crippen molar-refractivity contribution in [2.75, 3.05) is 40.0 Å². The number of aryl methyl sites for hydroxylation is 2. The standard InChI is InChI=1S/C21H28N2O3S/c1-4-16-13-20(27-15(16)2)21(24)22-14-19(23-9-11-26-12-10-23)17-5-7-18(25-3)8-6-17/h5-8,13,19H,4,9-12,14H2,1-3H3,(H,22,24)/t19-/m0/s1. The zero-order valence-corrected chi connectivity index (χ0v) is 17.1. The van der Waals surface area contributed by atoms with Crippen LogP contribution in [0.25, 0.3) is 0 Å². The van der Waals surface area contributed by atoms with Crippen molar-refractivity contribution >= 4 is 17.2 Å². The number of hydrogen-bond acceptors (Lipinski definition) is 5. The minimum Gasteiger partial charge on any atom is -0.497 e. The van der Waals surface area contributed by atoms with E-state index >= 15 is 0 Å². The van der Waals surface area contributed by atoms with Crippen molar-refractivity contribution in [1.29, 1.82) is 0 Å². The average molecular weight is 389 g/mol. The molecule has 1 N–H and O–H groups in total. The Kier molecular flexibility index (Phi) is 6.88. The van der Waals surface area contributed by atoms with Gasteiger partial charge in [-0.15, -0.1) is 11.3 Å². The second-order valence-electron chi connectivity index (χ2n) is 6.69. The van der Waals surface area contributed by atoms with Gasteiger partial charge in [0.05, 0.1) is 31.2 Å². The van der Waals surface area contributed by atoms with Crippen molar-refractivity contribution in [3.05, 3.63) is 51.2 Å². The first-order chi connectivity index (χ1) is 13.1. The Balaban J connectivity index is 1.72. The van der Waals surface area contributed by atoms with E-state index in [1.54, 1.807) is 18.4 Å². The van der Waals surface area contributed by atoms with Crippen LogP contribution >= 0.6 is 11.3 Å². The molecule has 1 saturated heterocycles. The van der Waals surface area contributed by atoms with Crippen LogP contribution in [0.2, 0.25) is 0 Å². The molecule has 5 nitrogen and oxygen atoms in total. The number of nitrogens with one attached hydrogen (secondary N) is 1. The maximum atomic E-state index is 12.7. The number of carbonyl (C=O) groups excluding carboxylic acids is 1. The van der Waals surface area contributed by atoms with Gasteiger partial charge in [-0.05, 0) is 42.7 Å². The van der Waals surface area contributed by atoms with E-state index < -0.39 is 0 Å². The maximum absolute atomic E-state index is 12.7. The van der Waals surface area contributed by atoms with Crippen molar-refractivity contribution < 1.29 is 14.3 Å². The van der Waals surface area contributed by atoms with Gasteiger partial charge in [0.1, 0.15) is 5.75 Å². The van der Waals surface area contributed by atoms with Crippen LogP contribution in [0.15, 0.2) is 30.3 Å². The number of methoxy groups -OCH3 is 1. The summed E-state index contributed by atoms with van der Waals surface area (Å²) in [6.45, 7) is 7.96. The Morgan fingerprint density at radius 2 is 2.00 bits per heavy atom. The molecular weight excluding hydrogens is 360 g/mol. The molecule has 2 heterocycles. The van der Waals surface area contributed by atoms with Crippen LogP contribution in [-0.2, 0) is 11.2 Å². The molecule has 0 aliphatic carbocycles. The molecule has 1 aromatic heterocycles. The van der Waals surface area contributed by atoms with Crippen LogP contribution in [0.3, 0.4) is 0 Å². The lowest BCUT2D eigenvalue weighted by Gasteiger charge is -2.35. The van der Waals surface area contributed by atoms with Crippen LogP contribution in [0.4, 0.5) is 0 Å². The number of hydrogen-bond donors (Lipinski definition) is 1. The molecular formula is C21H28N2O3S. The normalized spacial score (nSPS) is 16.1. The molecule has 0 unspecified atom stereocenters. The molecule has 1 atom stereocenters. The zero-order chi connectivity index (χ0) is 19.2. The first-order valence-electron chi connectivity index (χ1n) is 9.45. The van der Waals surface area contributed by atoms with Gasteiger partial charge in [-0.2, -0.15) is 0 Å². The summed E-state index contributed by atoms with van der Waals surface area (Å²) in [7, 11) is 1.67. The van der Waals surface area contributed by atoms with Gasteiger partial charge in [-0.25, -0.2) is 0 Å². The third-order valence-corrected chi connectivity index (χ3v) is 6.16. The van der Waals surface area contributed by atoms with Gasteiger partial charge in [-0.3, -0.25) is 9.69 Å². The Labute approximate surface area is 165 Å². The van der Waals surface area contributed by atoms with Crippen LogP contribution in [0.5, 0.6) is 5.75 Å². The second-order valence-corrected chi connectivity index (χ2v) is 7.95. The van der Waals surface area contributed by atoms with E-state index in [2.05, 4.69) is 36.2 Å². The molecule has 0 radical (unpaired) electrons.